The van der Waals surface area contributed by atoms with Gasteiger partial charge in [0, 0.05) is 45.8 Å². The van der Waals surface area contributed by atoms with Crippen molar-refractivity contribution >= 4 is 11.7 Å². The van der Waals surface area contributed by atoms with Crippen molar-refractivity contribution in [2.75, 3.05) is 46.2 Å². The zero-order valence-electron chi connectivity index (χ0n) is 14.8. The van der Waals surface area contributed by atoms with Gasteiger partial charge in [0.05, 0.1) is 11.7 Å². The van der Waals surface area contributed by atoms with Crippen LogP contribution in [0.2, 0.25) is 0 Å². The van der Waals surface area contributed by atoms with Gasteiger partial charge in [0.25, 0.3) is 0 Å². The number of ether oxygens (including phenoxy) is 1. The molecule has 0 saturated carbocycles. The second kappa shape index (κ2) is 7.44. The van der Waals surface area contributed by atoms with Gasteiger partial charge in [0.2, 0.25) is 5.91 Å². The Bertz CT molecular complexity index is 590. The Hall–Kier alpha value is -1.73. The number of amides is 1. The quantitative estimate of drug-likeness (QED) is 0.893. The lowest BCUT2D eigenvalue weighted by Gasteiger charge is -2.35. The number of nitrogens with zero attached hydrogens (tertiary/aromatic N) is 4. The molecule has 1 aromatic heterocycles. The normalized spacial score (nSPS) is 21.5. The van der Waals surface area contributed by atoms with E-state index < -0.39 is 0 Å². The molecule has 0 bridgehead atoms. The Kier molecular flexibility index (Phi) is 5.30. The fraction of sp³-hybridized carbons (Fsp3) is 0.706. The van der Waals surface area contributed by atoms with Crippen LogP contribution in [-0.4, -0.2) is 66.6 Å². The predicted octanol–water partition coefficient (Wildman–Crippen LogP) is 1.21. The molecule has 0 spiro atoms. The lowest BCUT2D eigenvalue weighted by Crippen LogP contribution is -2.41. The highest BCUT2D eigenvalue weighted by Crippen LogP contribution is 2.32. The molecule has 2 aliphatic rings. The largest absolute Gasteiger partial charge is 0.375 e. The smallest absolute Gasteiger partial charge is 0.249 e. The number of hydrogen-bond donors (Lipinski definition) is 1. The van der Waals surface area contributed by atoms with Gasteiger partial charge in [-0.15, -0.1) is 0 Å². The average Bonchev–Trinajstić information content (AvgIpc) is 2.61. The van der Waals surface area contributed by atoms with E-state index in [2.05, 4.69) is 17.3 Å². The third-order valence-corrected chi connectivity index (χ3v) is 4.89. The summed E-state index contributed by atoms with van der Waals surface area (Å²) in [6, 6.07) is -0.0431. The Morgan fingerprint density at radius 3 is 2.92 bits per heavy atom. The van der Waals surface area contributed by atoms with E-state index in [1.807, 2.05) is 11.9 Å². The molecule has 1 N–H and O–H groups in total. The van der Waals surface area contributed by atoms with Crippen molar-refractivity contribution in [2.24, 2.45) is 0 Å². The molecular formula is C17H27N5O2. The summed E-state index contributed by atoms with van der Waals surface area (Å²) in [5.74, 6) is 1.69. The van der Waals surface area contributed by atoms with Crippen LogP contribution in [0.4, 0.5) is 5.82 Å². The highest BCUT2D eigenvalue weighted by Gasteiger charge is 2.31. The maximum absolute atomic E-state index is 12.4. The molecular weight excluding hydrogens is 306 g/mol. The van der Waals surface area contributed by atoms with E-state index in [1.165, 1.54) is 5.56 Å². The van der Waals surface area contributed by atoms with Crippen LogP contribution in [0.5, 0.6) is 0 Å². The Morgan fingerprint density at radius 1 is 1.33 bits per heavy atom. The van der Waals surface area contributed by atoms with Crippen molar-refractivity contribution in [3.8, 4) is 0 Å². The Labute approximate surface area is 143 Å². The van der Waals surface area contributed by atoms with Crippen molar-refractivity contribution in [3.05, 3.63) is 17.1 Å². The first-order valence-corrected chi connectivity index (χ1v) is 8.68. The van der Waals surface area contributed by atoms with Gasteiger partial charge in [-0.2, -0.15) is 0 Å². The number of nitrogens with one attached hydrogen (secondary N) is 1. The summed E-state index contributed by atoms with van der Waals surface area (Å²) in [5, 5.41) is 3.22. The van der Waals surface area contributed by atoms with Crippen LogP contribution in [0, 0.1) is 0 Å². The van der Waals surface area contributed by atoms with Crippen LogP contribution in [0.3, 0.4) is 0 Å². The van der Waals surface area contributed by atoms with Crippen molar-refractivity contribution in [1.29, 1.82) is 0 Å². The number of rotatable bonds is 4. The maximum Gasteiger partial charge on any atom is 0.249 e. The zero-order chi connectivity index (χ0) is 17.1. The number of carbonyl (C=O) groups excluding carboxylic acids is 1. The third kappa shape index (κ3) is 3.37. The minimum atomic E-state index is -0.0431. The van der Waals surface area contributed by atoms with E-state index in [0.29, 0.717) is 0 Å². The summed E-state index contributed by atoms with van der Waals surface area (Å²) in [5.41, 5.74) is 2.30. The second-order valence-electron chi connectivity index (χ2n) is 6.63. The van der Waals surface area contributed by atoms with E-state index in [0.717, 1.165) is 62.7 Å². The zero-order valence-corrected chi connectivity index (χ0v) is 14.8. The lowest BCUT2D eigenvalue weighted by molar-refractivity contribution is -0.139. The number of carbonyl (C=O) groups is 1. The Balaban J connectivity index is 1.93. The molecule has 1 atom stereocenters. The molecule has 1 saturated heterocycles. The van der Waals surface area contributed by atoms with Crippen molar-refractivity contribution < 1.29 is 9.53 Å². The first-order chi connectivity index (χ1) is 11.6. The second-order valence-corrected chi connectivity index (χ2v) is 6.63. The van der Waals surface area contributed by atoms with Crippen LogP contribution in [0.15, 0.2) is 0 Å². The van der Waals surface area contributed by atoms with Crippen molar-refractivity contribution in [3.63, 3.8) is 0 Å². The minimum absolute atomic E-state index is 0.0225. The van der Waals surface area contributed by atoms with Gasteiger partial charge in [-0.1, -0.05) is 0 Å². The van der Waals surface area contributed by atoms with Gasteiger partial charge >= 0.3 is 0 Å². The Morgan fingerprint density at radius 2 is 2.17 bits per heavy atom. The number of methoxy groups -OCH3 is 1. The topological polar surface area (TPSA) is 70.6 Å². The summed E-state index contributed by atoms with van der Waals surface area (Å²) in [7, 11) is 5.57. The first-order valence-electron chi connectivity index (χ1n) is 8.68. The molecule has 24 heavy (non-hydrogen) atoms. The van der Waals surface area contributed by atoms with Crippen LogP contribution >= 0.6 is 0 Å². The van der Waals surface area contributed by atoms with Gasteiger partial charge in [0.1, 0.15) is 12.4 Å². The van der Waals surface area contributed by atoms with Crippen LogP contribution < -0.4 is 5.32 Å². The summed E-state index contributed by atoms with van der Waals surface area (Å²) < 4.78 is 5.04. The van der Waals surface area contributed by atoms with Gasteiger partial charge in [-0.3, -0.25) is 4.79 Å². The lowest BCUT2D eigenvalue weighted by atomic mass is 10.00. The maximum atomic E-state index is 12.4. The van der Waals surface area contributed by atoms with Crippen molar-refractivity contribution in [2.45, 2.75) is 38.3 Å². The van der Waals surface area contributed by atoms with E-state index in [4.69, 9.17) is 14.7 Å². The molecule has 2 aliphatic heterocycles. The molecule has 7 nitrogen and oxygen atoms in total. The molecule has 3 rings (SSSR count). The molecule has 7 heteroatoms. The number of anilines is 1. The highest BCUT2D eigenvalue weighted by molar-refractivity contribution is 5.78. The molecule has 1 fully saturated rings. The summed E-state index contributed by atoms with van der Waals surface area (Å²) >= 11 is 0. The van der Waals surface area contributed by atoms with Gasteiger partial charge in [0.15, 0.2) is 5.82 Å². The molecule has 1 amide bonds. The number of likely N-dealkylation sites (N-methyl/N-ethyl adjacent to an activating group) is 1. The number of piperidine rings is 1. The van der Waals surface area contributed by atoms with Gasteiger partial charge < -0.3 is 19.9 Å². The predicted molar refractivity (Wildman–Crippen MR) is 91.8 cm³/mol. The van der Waals surface area contributed by atoms with Crippen LogP contribution in [-0.2, 0) is 22.5 Å². The van der Waals surface area contributed by atoms with Crippen LogP contribution in [0.1, 0.15) is 42.4 Å². The summed E-state index contributed by atoms with van der Waals surface area (Å²) in [6.45, 7) is 2.74. The van der Waals surface area contributed by atoms with E-state index in [-0.39, 0.29) is 18.6 Å². The number of likely N-dealkylation sites (tertiary alicyclic amines) is 1. The fourth-order valence-electron chi connectivity index (χ4n) is 3.63. The molecule has 132 valence electrons. The molecule has 0 unspecified atom stereocenters. The van der Waals surface area contributed by atoms with E-state index in [9.17, 15) is 4.79 Å². The number of fused-ring (bicyclic) bond motifs is 1. The first kappa shape index (κ1) is 17.1. The monoisotopic (exact) mass is 333 g/mol. The number of aromatic nitrogens is 2. The van der Waals surface area contributed by atoms with E-state index >= 15 is 0 Å². The fourth-order valence-corrected chi connectivity index (χ4v) is 3.63. The standard InChI is InChI=1S/C17H27N5O2/c1-18-16-12-10-21(2)9-7-13(12)19-17(20-16)14-6-4-5-8-22(14)15(23)11-24-3/h14H,4-11H2,1-3H3,(H,18,19,20)/t14-/m0/s1. The summed E-state index contributed by atoms with van der Waals surface area (Å²) in [6.07, 6.45) is 3.96. The molecule has 3 heterocycles. The number of hydrogen-bond acceptors (Lipinski definition) is 6. The van der Waals surface area contributed by atoms with Gasteiger partial charge in [-0.25, -0.2) is 9.97 Å². The SMILES string of the molecule is CNc1nc([C@@H]2CCCCN2C(=O)COC)nc2c1CN(C)CC2. The van der Waals surface area contributed by atoms with Gasteiger partial charge in [-0.05, 0) is 26.3 Å². The van der Waals surface area contributed by atoms with E-state index in [1.54, 1.807) is 7.11 Å². The van der Waals surface area contributed by atoms with Crippen molar-refractivity contribution in [1.82, 2.24) is 19.8 Å². The molecule has 0 radical (unpaired) electrons. The van der Waals surface area contributed by atoms with Crippen LogP contribution in [0.25, 0.3) is 0 Å². The minimum Gasteiger partial charge on any atom is -0.375 e. The molecule has 0 aliphatic carbocycles. The third-order valence-electron chi connectivity index (χ3n) is 4.89. The molecule has 1 aromatic rings. The molecule has 0 aromatic carbocycles. The summed E-state index contributed by atoms with van der Waals surface area (Å²) in [4.78, 5) is 26.2. The highest BCUT2D eigenvalue weighted by atomic mass is 16.5. The average molecular weight is 333 g/mol.